The monoisotopic (exact) mass is 681 g/mol. The molecule has 11 nitrogen and oxygen atoms in total. The molecule has 1 heterocycles. The molecule has 278 valence electrons. The van der Waals surface area contributed by atoms with E-state index in [1.54, 1.807) is 26.2 Å². The Labute approximate surface area is 290 Å². The summed E-state index contributed by atoms with van der Waals surface area (Å²) in [6.07, 6.45) is 2.12. The molecule has 1 fully saturated rings. The van der Waals surface area contributed by atoms with Gasteiger partial charge in [0.05, 0.1) is 50.3 Å². The number of hydrogen-bond donors (Lipinski definition) is 0. The SMILES string of the molecule is CCC(=O)[C@H](C)[C@@H](OC)[C@@H]1CCCN1C(=O)C[C@@H](OC)[C@H]([C@@H](C)CC)N(C)C(=O)[C@@H](CC(=O)[C@H](C(C)C)N(C)CCC(=O)OC)C(C)C. The molecule has 1 saturated heterocycles. The Balaban J connectivity index is 3.27. The number of carbonyl (C=O) groups excluding carboxylic acids is 5. The standard InChI is InChI=1S/C37H67N3O8/c1-14-25(7)35(31(46-11)22-32(43)40-19-16-17-28(40)36(48-13)26(8)29(41)15-2)39(10)37(45)27(23(3)4)21-30(42)34(24(5)6)38(9)20-18-33(44)47-12/h23-28,31,34-36H,14-22H2,1-13H3/t25-,26-,27-,28-,31+,34-,35-,36+/m0/s1. The molecule has 0 saturated carbocycles. The van der Waals surface area contributed by atoms with Gasteiger partial charge in [0, 0.05) is 59.0 Å². The molecule has 0 radical (unpaired) electrons. The molecule has 1 rings (SSSR count). The van der Waals surface area contributed by atoms with Gasteiger partial charge in [0.1, 0.15) is 5.78 Å². The zero-order valence-corrected chi connectivity index (χ0v) is 32.2. The predicted molar refractivity (Wildman–Crippen MR) is 187 cm³/mol. The number of nitrogens with zero attached hydrogens (tertiary/aromatic N) is 3. The van der Waals surface area contributed by atoms with Crippen LogP contribution >= 0.6 is 0 Å². The molecule has 0 aromatic rings. The van der Waals surface area contributed by atoms with Crippen LogP contribution in [0.4, 0.5) is 0 Å². The highest BCUT2D eigenvalue weighted by Gasteiger charge is 2.43. The maximum absolute atomic E-state index is 14.3. The van der Waals surface area contributed by atoms with Gasteiger partial charge in [0.25, 0.3) is 0 Å². The second-order valence-corrected chi connectivity index (χ2v) is 14.4. The fraction of sp³-hybridized carbons (Fsp3) is 0.865. The van der Waals surface area contributed by atoms with Gasteiger partial charge in [0.15, 0.2) is 5.78 Å². The maximum Gasteiger partial charge on any atom is 0.306 e. The minimum absolute atomic E-state index is 0.0105. The average molecular weight is 682 g/mol. The first-order valence-corrected chi connectivity index (χ1v) is 18.0. The fourth-order valence-electron chi connectivity index (χ4n) is 7.50. The minimum atomic E-state index is -0.574. The van der Waals surface area contributed by atoms with E-state index in [2.05, 4.69) is 13.8 Å². The number of hydrogen-bond acceptors (Lipinski definition) is 9. The molecule has 1 aliphatic rings. The number of ether oxygens (including phenoxy) is 3. The predicted octanol–water partition coefficient (Wildman–Crippen LogP) is 4.64. The van der Waals surface area contributed by atoms with Crippen LogP contribution in [-0.2, 0) is 38.2 Å². The summed E-state index contributed by atoms with van der Waals surface area (Å²) in [5.74, 6) is -1.52. The van der Waals surface area contributed by atoms with Crippen molar-refractivity contribution in [2.75, 3.05) is 48.5 Å². The summed E-state index contributed by atoms with van der Waals surface area (Å²) in [7, 11) is 8.11. The van der Waals surface area contributed by atoms with Gasteiger partial charge < -0.3 is 24.0 Å². The van der Waals surface area contributed by atoms with E-state index >= 15 is 0 Å². The Morgan fingerprint density at radius 3 is 1.96 bits per heavy atom. The van der Waals surface area contributed by atoms with Gasteiger partial charge in [-0.05, 0) is 37.6 Å². The number of Topliss-reactive ketones (excluding diaryl/α,β-unsaturated/α-hetero) is 2. The smallest absolute Gasteiger partial charge is 0.306 e. The minimum Gasteiger partial charge on any atom is -0.469 e. The Hall–Kier alpha value is -2.37. The molecule has 0 aromatic carbocycles. The summed E-state index contributed by atoms with van der Waals surface area (Å²) in [6, 6.07) is -1.07. The third kappa shape index (κ3) is 11.6. The van der Waals surface area contributed by atoms with E-state index in [1.165, 1.54) is 7.11 Å². The topological polar surface area (TPSA) is 123 Å². The van der Waals surface area contributed by atoms with Crippen LogP contribution in [0.25, 0.3) is 0 Å². The number of rotatable bonds is 22. The summed E-state index contributed by atoms with van der Waals surface area (Å²) in [4.78, 5) is 71.8. The third-order valence-corrected chi connectivity index (χ3v) is 10.6. The molecule has 0 N–H and O–H groups in total. The van der Waals surface area contributed by atoms with Crippen molar-refractivity contribution in [3.05, 3.63) is 0 Å². The molecule has 48 heavy (non-hydrogen) atoms. The Morgan fingerprint density at radius 1 is 0.854 bits per heavy atom. The lowest BCUT2D eigenvalue weighted by molar-refractivity contribution is -0.149. The molecule has 0 bridgehead atoms. The average Bonchev–Trinajstić information content (AvgIpc) is 3.54. The first-order valence-electron chi connectivity index (χ1n) is 18.0. The summed E-state index contributed by atoms with van der Waals surface area (Å²) in [5, 5.41) is 0. The van der Waals surface area contributed by atoms with Crippen molar-refractivity contribution in [2.45, 2.75) is 131 Å². The molecule has 1 aliphatic heterocycles. The summed E-state index contributed by atoms with van der Waals surface area (Å²) in [5.41, 5.74) is 0. The number of carbonyl (C=O) groups is 5. The number of esters is 1. The summed E-state index contributed by atoms with van der Waals surface area (Å²) >= 11 is 0. The van der Waals surface area contributed by atoms with Crippen molar-refractivity contribution in [1.29, 1.82) is 0 Å². The van der Waals surface area contributed by atoms with Crippen LogP contribution in [0.1, 0.15) is 100 Å². The van der Waals surface area contributed by atoms with E-state index in [0.29, 0.717) is 19.5 Å². The number of likely N-dealkylation sites (tertiary alicyclic amines) is 1. The van der Waals surface area contributed by atoms with Crippen LogP contribution in [-0.4, -0.2) is 123 Å². The van der Waals surface area contributed by atoms with Gasteiger partial charge in [0.2, 0.25) is 11.8 Å². The van der Waals surface area contributed by atoms with Crippen LogP contribution in [0.5, 0.6) is 0 Å². The van der Waals surface area contributed by atoms with Crippen molar-refractivity contribution in [3.8, 4) is 0 Å². The highest BCUT2D eigenvalue weighted by Crippen LogP contribution is 2.31. The zero-order chi connectivity index (χ0) is 36.9. The Bertz CT molecular complexity index is 1050. The van der Waals surface area contributed by atoms with Crippen molar-refractivity contribution < 1.29 is 38.2 Å². The van der Waals surface area contributed by atoms with E-state index < -0.39 is 30.2 Å². The highest BCUT2D eigenvalue weighted by atomic mass is 16.5. The van der Waals surface area contributed by atoms with Gasteiger partial charge in [-0.2, -0.15) is 0 Å². The lowest BCUT2D eigenvalue weighted by Gasteiger charge is -2.41. The second-order valence-electron chi connectivity index (χ2n) is 14.4. The lowest BCUT2D eigenvalue weighted by Crippen LogP contribution is -2.54. The van der Waals surface area contributed by atoms with Crippen LogP contribution in [0.2, 0.25) is 0 Å². The summed E-state index contributed by atoms with van der Waals surface area (Å²) < 4.78 is 16.6. The van der Waals surface area contributed by atoms with Crippen LogP contribution < -0.4 is 0 Å². The second kappa shape index (κ2) is 21.0. The Morgan fingerprint density at radius 2 is 1.48 bits per heavy atom. The van der Waals surface area contributed by atoms with Gasteiger partial charge in [-0.15, -0.1) is 0 Å². The number of ketones is 2. The highest BCUT2D eigenvalue weighted by molar-refractivity contribution is 5.90. The molecular formula is C37H67N3O8. The van der Waals surface area contributed by atoms with Crippen molar-refractivity contribution in [1.82, 2.24) is 14.7 Å². The van der Waals surface area contributed by atoms with Gasteiger partial charge >= 0.3 is 5.97 Å². The quantitative estimate of drug-likeness (QED) is 0.151. The fourth-order valence-corrected chi connectivity index (χ4v) is 7.50. The van der Waals surface area contributed by atoms with Crippen LogP contribution in [0, 0.1) is 29.6 Å². The van der Waals surface area contributed by atoms with E-state index in [4.69, 9.17) is 14.2 Å². The van der Waals surface area contributed by atoms with Crippen LogP contribution in [0.15, 0.2) is 0 Å². The molecular weight excluding hydrogens is 614 g/mol. The van der Waals surface area contributed by atoms with E-state index in [0.717, 1.165) is 19.3 Å². The van der Waals surface area contributed by atoms with Crippen molar-refractivity contribution in [3.63, 3.8) is 0 Å². The van der Waals surface area contributed by atoms with E-state index in [1.807, 2.05) is 58.4 Å². The summed E-state index contributed by atoms with van der Waals surface area (Å²) in [6.45, 7) is 16.6. The number of likely N-dealkylation sites (N-methyl/N-ethyl adjacent to an activating group) is 2. The number of methoxy groups -OCH3 is 3. The Kier molecular flexibility index (Phi) is 19.1. The van der Waals surface area contributed by atoms with Crippen LogP contribution in [0.3, 0.4) is 0 Å². The lowest BCUT2D eigenvalue weighted by atomic mass is 9.83. The van der Waals surface area contributed by atoms with Gasteiger partial charge in [-0.25, -0.2) is 0 Å². The van der Waals surface area contributed by atoms with E-state index in [-0.39, 0.29) is 78.3 Å². The first-order chi connectivity index (χ1) is 22.5. The van der Waals surface area contributed by atoms with Crippen molar-refractivity contribution in [2.24, 2.45) is 29.6 Å². The molecule has 0 aromatic heterocycles. The molecule has 11 heteroatoms. The number of amides is 2. The molecule has 8 atom stereocenters. The zero-order valence-electron chi connectivity index (χ0n) is 32.2. The van der Waals surface area contributed by atoms with Gasteiger partial charge in [-0.1, -0.05) is 61.8 Å². The molecule has 2 amide bonds. The molecule has 0 aliphatic carbocycles. The molecule has 0 spiro atoms. The van der Waals surface area contributed by atoms with Gasteiger partial charge in [-0.3, -0.25) is 28.9 Å². The third-order valence-electron chi connectivity index (χ3n) is 10.6. The largest absolute Gasteiger partial charge is 0.469 e. The van der Waals surface area contributed by atoms with E-state index in [9.17, 15) is 24.0 Å². The van der Waals surface area contributed by atoms with Crippen molar-refractivity contribution >= 4 is 29.4 Å². The first kappa shape index (κ1) is 43.7. The maximum atomic E-state index is 14.3. The normalized spacial score (nSPS) is 19.5. The molecule has 0 unspecified atom stereocenters.